The summed E-state index contributed by atoms with van der Waals surface area (Å²) in [6.45, 7) is 0.598. The molecule has 1 N–H and O–H groups in total. The predicted molar refractivity (Wildman–Crippen MR) is 60.2 cm³/mol. The highest BCUT2D eigenvalue weighted by molar-refractivity contribution is 7.09. The van der Waals surface area contributed by atoms with E-state index in [4.69, 9.17) is 0 Å². The summed E-state index contributed by atoms with van der Waals surface area (Å²) in [5.74, 6) is -1.16. The van der Waals surface area contributed by atoms with Crippen molar-refractivity contribution in [2.45, 2.75) is 6.54 Å². The normalized spacial score (nSPS) is 10.7. The molecule has 1 aromatic carbocycles. The van der Waals surface area contributed by atoms with Crippen LogP contribution >= 0.6 is 11.3 Å². The standard InChI is InChI=1S/C11H10F2N2S/c1-14-5-10-15-9(6-16-10)11-7(12)3-2-4-8(11)13/h2-4,6,14H,5H2,1H3. The lowest BCUT2D eigenvalue weighted by atomic mass is 10.1. The summed E-state index contributed by atoms with van der Waals surface area (Å²) in [5.41, 5.74) is 0.298. The quantitative estimate of drug-likeness (QED) is 0.892. The van der Waals surface area contributed by atoms with Crippen LogP contribution in [0.15, 0.2) is 23.6 Å². The number of hydrogen-bond acceptors (Lipinski definition) is 3. The van der Waals surface area contributed by atoms with Gasteiger partial charge < -0.3 is 5.32 Å². The van der Waals surface area contributed by atoms with Crippen LogP contribution in [-0.2, 0) is 6.54 Å². The van der Waals surface area contributed by atoms with Crippen molar-refractivity contribution in [2.75, 3.05) is 7.05 Å². The second-order valence-electron chi connectivity index (χ2n) is 3.25. The first-order chi connectivity index (χ1) is 7.72. The highest BCUT2D eigenvalue weighted by Crippen LogP contribution is 2.27. The fraction of sp³-hybridized carbons (Fsp3) is 0.182. The molecule has 5 heteroatoms. The lowest BCUT2D eigenvalue weighted by Gasteiger charge is -2.00. The van der Waals surface area contributed by atoms with Crippen LogP contribution in [0.2, 0.25) is 0 Å². The second-order valence-corrected chi connectivity index (χ2v) is 4.20. The van der Waals surface area contributed by atoms with E-state index in [-0.39, 0.29) is 5.56 Å². The third kappa shape index (κ3) is 2.10. The number of nitrogens with one attached hydrogen (secondary N) is 1. The maximum Gasteiger partial charge on any atom is 0.135 e. The number of thiazole rings is 1. The summed E-state index contributed by atoms with van der Waals surface area (Å²) >= 11 is 1.38. The number of halogens is 2. The van der Waals surface area contributed by atoms with Crippen LogP contribution in [0, 0.1) is 11.6 Å². The van der Waals surface area contributed by atoms with Crippen LogP contribution < -0.4 is 5.32 Å². The van der Waals surface area contributed by atoms with Crippen molar-refractivity contribution in [3.05, 3.63) is 40.2 Å². The van der Waals surface area contributed by atoms with Crippen LogP contribution in [0.1, 0.15) is 5.01 Å². The summed E-state index contributed by atoms with van der Waals surface area (Å²) in [7, 11) is 1.80. The molecule has 0 amide bonds. The summed E-state index contributed by atoms with van der Waals surface area (Å²) in [4.78, 5) is 4.17. The molecule has 84 valence electrons. The van der Waals surface area contributed by atoms with E-state index in [1.165, 1.54) is 29.5 Å². The minimum absolute atomic E-state index is 0.0545. The molecule has 0 saturated carbocycles. The highest BCUT2D eigenvalue weighted by Gasteiger charge is 2.13. The summed E-state index contributed by atoms with van der Waals surface area (Å²) < 4.78 is 26.9. The Morgan fingerprint density at radius 3 is 2.62 bits per heavy atom. The van der Waals surface area contributed by atoms with Gasteiger partial charge >= 0.3 is 0 Å². The van der Waals surface area contributed by atoms with Crippen molar-refractivity contribution in [1.82, 2.24) is 10.3 Å². The Morgan fingerprint density at radius 1 is 1.31 bits per heavy atom. The molecule has 0 bridgehead atoms. The van der Waals surface area contributed by atoms with Crippen molar-refractivity contribution < 1.29 is 8.78 Å². The predicted octanol–water partition coefficient (Wildman–Crippen LogP) is 2.81. The van der Waals surface area contributed by atoms with Crippen LogP contribution in [0.4, 0.5) is 8.78 Å². The molecule has 0 aliphatic carbocycles. The fourth-order valence-corrected chi connectivity index (χ4v) is 2.20. The van der Waals surface area contributed by atoms with E-state index in [2.05, 4.69) is 10.3 Å². The molecule has 2 nitrogen and oxygen atoms in total. The maximum absolute atomic E-state index is 13.4. The molecular weight excluding hydrogens is 230 g/mol. The first-order valence-corrected chi connectivity index (χ1v) is 5.63. The third-order valence-corrected chi connectivity index (χ3v) is 2.95. The smallest absolute Gasteiger partial charge is 0.135 e. The maximum atomic E-state index is 13.4. The Morgan fingerprint density at radius 2 is 2.00 bits per heavy atom. The van der Waals surface area contributed by atoms with Crippen LogP contribution in [0.5, 0.6) is 0 Å². The van der Waals surface area contributed by atoms with Gasteiger partial charge in [0.05, 0.1) is 11.3 Å². The van der Waals surface area contributed by atoms with E-state index in [1.54, 1.807) is 12.4 Å². The molecule has 16 heavy (non-hydrogen) atoms. The van der Waals surface area contributed by atoms with E-state index in [0.717, 1.165) is 5.01 Å². The SMILES string of the molecule is CNCc1nc(-c2c(F)cccc2F)cs1. The lowest BCUT2D eigenvalue weighted by molar-refractivity contribution is 0.588. The van der Waals surface area contributed by atoms with Crippen molar-refractivity contribution in [3.8, 4) is 11.3 Å². The van der Waals surface area contributed by atoms with E-state index < -0.39 is 11.6 Å². The lowest BCUT2D eigenvalue weighted by Crippen LogP contribution is -2.04. The van der Waals surface area contributed by atoms with Gasteiger partial charge in [-0.2, -0.15) is 0 Å². The van der Waals surface area contributed by atoms with Gasteiger partial charge in [-0.3, -0.25) is 0 Å². The topological polar surface area (TPSA) is 24.9 Å². The van der Waals surface area contributed by atoms with Crippen LogP contribution in [0.3, 0.4) is 0 Å². The minimum Gasteiger partial charge on any atom is -0.314 e. The second kappa shape index (κ2) is 4.67. The van der Waals surface area contributed by atoms with Crippen LogP contribution in [0.25, 0.3) is 11.3 Å². The largest absolute Gasteiger partial charge is 0.314 e. The van der Waals surface area contributed by atoms with Gasteiger partial charge in [-0.05, 0) is 19.2 Å². The molecule has 0 atom stereocenters. The zero-order valence-electron chi connectivity index (χ0n) is 8.63. The Kier molecular flexibility index (Phi) is 3.26. The Balaban J connectivity index is 2.42. The highest BCUT2D eigenvalue weighted by atomic mass is 32.1. The zero-order chi connectivity index (χ0) is 11.5. The molecule has 1 aromatic heterocycles. The van der Waals surface area contributed by atoms with Gasteiger partial charge in [-0.15, -0.1) is 11.3 Å². The Labute approximate surface area is 96.0 Å². The van der Waals surface area contributed by atoms with E-state index >= 15 is 0 Å². The minimum atomic E-state index is -0.582. The van der Waals surface area contributed by atoms with Crippen molar-refractivity contribution in [2.24, 2.45) is 0 Å². The van der Waals surface area contributed by atoms with E-state index in [9.17, 15) is 8.78 Å². The van der Waals surface area contributed by atoms with E-state index in [0.29, 0.717) is 12.2 Å². The van der Waals surface area contributed by atoms with Gasteiger partial charge in [0.15, 0.2) is 0 Å². The monoisotopic (exact) mass is 240 g/mol. The zero-order valence-corrected chi connectivity index (χ0v) is 9.44. The van der Waals surface area contributed by atoms with Gasteiger partial charge in [0.1, 0.15) is 16.6 Å². The van der Waals surface area contributed by atoms with Gasteiger partial charge in [0.2, 0.25) is 0 Å². The Bertz CT molecular complexity index is 476. The first kappa shape index (κ1) is 11.2. The average Bonchev–Trinajstić information content (AvgIpc) is 2.67. The van der Waals surface area contributed by atoms with Crippen molar-refractivity contribution in [1.29, 1.82) is 0 Å². The molecular formula is C11H10F2N2S. The molecule has 0 radical (unpaired) electrons. The molecule has 0 aliphatic heterocycles. The average molecular weight is 240 g/mol. The number of hydrogen-bond donors (Lipinski definition) is 1. The number of benzene rings is 1. The first-order valence-electron chi connectivity index (χ1n) is 4.75. The number of nitrogens with zero attached hydrogens (tertiary/aromatic N) is 1. The molecule has 0 spiro atoms. The third-order valence-electron chi connectivity index (χ3n) is 2.10. The van der Waals surface area contributed by atoms with Gasteiger partial charge in [0.25, 0.3) is 0 Å². The number of rotatable bonds is 3. The Hall–Kier alpha value is -1.33. The van der Waals surface area contributed by atoms with Gasteiger partial charge in [0, 0.05) is 11.9 Å². The molecule has 0 unspecified atom stereocenters. The van der Waals surface area contributed by atoms with Gasteiger partial charge in [-0.1, -0.05) is 6.07 Å². The molecule has 0 fully saturated rings. The van der Waals surface area contributed by atoms with E-state index in [1.807, 2.05) is 0 Å². The van der Waals surface area contributed by atoms with Crippen LogP contribution in [-0.4, -0.2) is 12.0 Å². The summed E-state index contributed by atoms with van der Waals surface area (Å²) in [6.07, 6.45) is 0. The van der Waals surface area contributed by atoms with Crippen molar-refractivity contribution in [3.63, 3.8) is 0 Å². The summed E-state index contributed by atoms with van der Waals surface area (Å²) in [5, 5.41) is 5.41. The molecule has 2 aromatic rings. The molecule has 0 aliphatic rings. The number of aromatic nitrogens is 1. The molecule has 1 heterocycles. The molecule has 2 rings (SSSR count). The molecule has 0 saturated heterocycles. The van der Waals surface area contributed by atoms with Gasteiger partial charge in [-0.25, -0.2) is 13.8 Å². The van der Waals surface area contributed by atoms with Crippen molar-refractivity contribution >= 4 is 11.3 Å². The fourth-order valence-electron chi connectivity index (χ4n) is 1.40. The summed E-state index contributed by atoms with van der Waals surface area (Å²) in [6, 6.07) is 3.81.